The monoisotopic (exact) mass is 451 g/mol. The third-order valence-electron chi connectivity index (χ3n) is 5.69. The van der Waals surface area contributed by atoms with E-state index in [1.54, 1.807) is 19.2 Å². The third kappa shape index (κ3) is 4.89. The summed E-state index contributed by atoms with van der Waals surface area (Å²) in [6.45, 7) is 1.97. The number of hydrogen-bond donors (Lipinski definition) is 2. The Hall–Kier alpha value is -3.03. The minimum absolute atomic E-state index is 0.174. The third-order valence-corrected chi connectivity index (χ3v) is 6.27. The van der Waals surface area contributed by atoms with Gasteiger partial charge in [-0.25, -0.2) is 4.39 Å². The number of amides is 1. The van der Waals surface area contributed by atoms with E-state index in [-0.39, 0.29) is 18.3 Å². The van der Waals surface area contributed by atoms with Crippen LogP contribution in [0.5, 0.6) is 5.75 Å². The Morgan fingerprint density at radius 2 is 2.03 bits per heavy atom. The summed E-state index contributed by atoms with van der Waals surface area (Å²) in [4.78, 5) is 15.4. The largest absolute Gasteiger partial charge is 0.496 e. The van der Waals surface area contributed by atoms with Gasteiger partial charge >= 0.3 is 0 Å². The van der Waals surface area contributed by atoms with Crippen molar-refractivity contribution in [2.75, 3.05) is 18.6 Å². The van der Waals surface area contributed by atoms with Crippen LogP contribution in [0.25, 0.3) is 0 Å². The van der Waals surface area contributed by atoms with Gasteiger partial charge in [-0.2, -0.15) is 0 Å². The summed E-state index contributed by atoms with van der Waals surface area (Å²) in [7, 11) is 1.69. The van der Waals surface area contributed by atoms with Gasteiger partial charge in [0.15, 0.2) is 0 Å². The van der Waals surface area contributed by atoms with Gasteiger partial charge < -0.3 is 15.0 Å². The van der Waals surface area contributed by atoms with Gasteiger partial charge in [-0.05, 0) is 72.3 Å². The lowest BCUT2D eigenvalue weighted by molar-refractivity contribution is 0.0950. The average Bonchev–Trinajstić information content (AvgIpc) is 2.82. The van der Waals surface area contributed by atoms with Crippen LogP contribution < -0.4 is 20.1 Å². The first-order valence-electron chi connectivity index (χ1n) is 10.5. The molecule has 0 unspecified atom stereocenters. The number of carbonyl (C=O) groups excluding carboxylic acids is 1. The van der Waals surface area contributed by atoms with Gasteiger partial charge in [0.2, 0.25) is 0 Å². The number of nitrogens with zero attached hydrogens (tertiary/aromatic N) is 1. The first kappa shape index (κ1) is 22.2. The van der Waals surface area contributed by atoms with Crippen molar-refractivity contribution in [3.05, 3.63) is 88.7 Å². The van der Waals surface area contributed by atoms with E-state index in [9.17, 15) is 9.18 Å². The molecule has 1 heterocycles. The number of carbonyl (C=O) groups is 1. The zero-order valence-corrected chi connectivity index (χ0v) is 18.8. The molecule has 0 aliphatic carbocycles. The zero-order chi connectivity index (χ0) is 22.5. The molecule has 0 atom stereocenters. The number of halogens is 1. The number of ether oxygens (including phenoxy) is 1. The molecule has 3 aromatic rings. The van der Waals surface area contributed by atoms with Crippen molar-refractivity contribution in [2.45, 2.75) is 30.8 Å². The molecular formula is C25H26FN3O2S. The highest BCUT2D eigenvalue weighted by Crippen LogP contribution is 2.31. The van der Waals surface area contributed by atoms with Gasteiger partial charge in [-0.1, -0.05) is 24.3 Å². The Morgan fingerprint density at radius 3 is 2.81 bits per heavy atom. The SMILES string of the molecule is COc1ccccc1CN1CCCc2cc(C(=O)NCc3ccc(SN)c(F)c3)ccc21. The standard InChI is InChI=1S/C25H26FN3O2S/c1-31-23-7-3-2-5-20(23)16-29-12-4-6-18-14-19(9-10-22(18)29)25(30)28-15-17-8-11-24(32-27)21(26)13-17/h2-3,5,7-11,13-14H,4,6,12,15-16,27H2,1H3,(H,28,30). The van der Waals surface area contributed by atoms with Crippen LogP contribution in [-0.2, 0) is 19.5 Å². The molecule has 3 N–H and O–H groups in total. The molecule has 1 aliphatic rings. The number of hydrogen-bond acceptors (Lipinski definition) is 5. The lowest BCUT2D eigenvalue weighted by atomic mass is 9.98. The molecule has 7 heteroatoms. The molecule has 0 saturated heterocycles. The number of para-hydroxylation sites is 1. The lowest BCUT2D eigenvalue weighted by Crippen LogP contribution is -2.29. The Bertz CT molecular complexity index is 1120. The summed E-state index contributed by atoms with van der Waals surface area (Å²) >= 11 is 0.868. The van der Waals surface area contributed by atoms with Gasteiger partial charge in [-0.15, -0.1) is 0 Å². The quantitative estimate of drug-likeness (QED) is 0.511. The maximum Gasteiger partial charge on any atom is 0.251 e. The van der Waals surface area contributed by atoms with Crippen molar-refractivity contribution in [2.24, 2.45) is 5.14 Å². The fourth-order valence-corrected chi connectivity index (χ4v) is 4.37. The van der Waals surface area contributed by atoms with Gasteiger partial charge in [0, 0.05) is 36.4 Å². The summed E-state index contributed by atoms with van der Waals surface area (Å²) in [5, 5.41) is 8.30. The van der Waals surface area contributed by atoms with Gasteiger partial charge in [-0.3, -0.25) is 9.93 Å². The number of aryl methyl sites for hydroxylation is 1. The second-order valence-electron chi connectivity index (χ2n) is 7.75. The van der Waals surface area contributed by atoms with Crippen molar-refractivity contribution in [1.82, 2.24) is 5.32 Å². The van der Waals surface area contributed by atoms with Crippen molar-refractivity contribution < 1.29 is 13.9 Å². The average molecular weight is 452 g/mol. The second-order valence-corrected chi connectivity index (χ2v) is 8.42. The molecule has 3 aromatic carbocycles. The molecule has 0 aromatic heterocycles. The Morgan fingerprint density at radius 1 is 1.19 bits per heavy atom. The molecule has 4 rings (SSSR count). The zero-order valence-electron chi connectivity index (χ0n) is 17.9. The van der Waals surface area contributed by atoms with E-state index in [0.717, 1.165) is 60.4 Å². The molecule has 0 bridgehead atoms. The summed E-state index contributed by atoms with van der Waals surface area (Å²) < 4.78 is 19.4. The molecular weight excluding hydrogens is 425 g/mol. The molecule has 0 fully saturated rings. The van der Waals surface area contributed by atoms with Crippen LogP contribution >= 0.6 is 11.9 Å². The Kier molecular flexibility index (Phi) is 6.97. The van der Waals surface area contributed by atoms with E-state index < -0.39 is 0 Å². The van der Waals surface area contributed by atoms with Gasteiger partial charge in [0.25, 0.3) is 5.91 Å². The van der Waals surface area contributed by atoms with Gasteiger partial charge in [0.05, 0.1) is 12.0 Å². The summed E-state index contributed by atoms with van der Waals surface area (Å²) in [5.41, 5.74) is 4.74. The van der Waals surface area contributed by atoms with Crippen molar-refractivity contribution in [3.63, 3.8) is 0 Å². The number of anilines is 1. The van der Waals surface area contributed by atoms with Crippen LogP contribution in [0, 0.1) is 5.82 Å². The van der Waals surface area contributed by atoms with Crippen molar-refractivity contribution >= 4 is 23.5 Å². The van der Waals surface area contributed by atoms with Crippen LogP contribution in [-0.4, -0.2) is 19.6 Å². The number of nitrogens with one attached hydrogen (secondary N) is 1. The van der Waals surface area contributed by atoms with E-state index in [2.05, 4.69) is 16.3 Å². The molecule has 32 heavy (non-hydrogen) atoms. The fourth-order valence-electron chi connectivity index (χ4n) is 4.05. The maximum atomic E-state index is 13.9. The molecule has 1 amide bonds. The minimum atomic E-state index is -0.381. The molecule has 0 radical (unpaired) electrons. The van der Waals surface area contributed by atoms with E-state index in [1.807, 2.05) is 36.4 Å². The van der Waals surface area contributed by atoms with Crippen LogP contribution in [0.4, 0.5) is 10.1 Å². The Labute approximate surface area is 191 Å². The van der Waals surface area contributed by atoms with E-state index in [0.29, 0.717) is 16.0 Å². The number of fused-ring (bicyclic) bond motifs is 1. The van der Waals surface area contributed by atoms with E-state index in [1.165, 1.54) is 6.07 Å². The topological polar surface area (TPSA) is 67.6 Å². The summed E-state index contributed by atoms with van der Waals surface area (Å²) in [6.07, 6.45) is 1.96. The maximum absolute atomic E-state index is 13.9. The second kappa shape index (κ2) is 10.1. The van der Waals surface area contributed by atoms with Crippen LogP contribution in [0.2, 0.25) is 0 Å². The number of nitrogens with two attached hydrogens (primary N) is 1. The number of benzene rings is 3. The smallest absolute Gasteiger partial charge is 0.251 e. The molecule has 0 spiro atoms. The predicted molar refractivity (Wildman–Crippen MR) is 126 cm³/mol. The fraction of sp³-hybridized carbons (Fsp3) is 0.240. The molecule has 5 nitrogen and oxygen atoms in total. The first-order valence-corrected chi connectivity index (χ1v) is 11.4. The van der Waals surface area contributed by atoms with Gasteiger partial charge in [0.1, 0.15) is 11.6 Å². The van der Waals surface area contributed by atoms with Crippen LogP contribution in [0.3, 0.4) is 0 Å². The van der Waals surface area contributed by atoms with Crippen LogP contribution in [0.1, 0.15) is 33.5 Å². The lowest BCUT2D eigenvalue weighted by Gasteiger charge is -2.32. The summed E-state index contributed by atoms with van der Waals surface area (Å²) in [6, 6.07) is 18.7. The molecule has 166 valence electrons. The van der Waals surface area contributed by atoms with E-state index in [4.69, 9.17) is 9.88 Å². The predicted octanol–water partition coefficient (Wildman–Crippen LogP) is 4.68. The molecule has 1 aliphatic heterocycles. The molecule has 0 saturated carbocycles. The highest BCUT2D eigenvalue weighted by atomic mass is 32.2. The van der Waals surface area contributed by atoms with E-state index >= 15 is 0 Å². The highest BCUT2D eigenvalue weighted by molar-refractivity contribution is 7.97. The number of rotatable bonds is 7. The van der Waals surface area contributed by atoms with Crippen LogP contribution in [0.15, 0.2) is 65.6 Å². The van der Waals surface area contributed by atoms with Crippen molar-refractivity contribution in [1.29, 1.82) is 0 Å². The summed E-state index contributed by atoms with van der Waals surface area (Å²) in [5.74, 6) is 0.325. The highest BCUT2D eigenvalue weighted by Gasteiger charge is 2.20. The normalized spacial score (nSPS) is 12.9. The first-order chi connectivity index (χ1) is 15.6. The Balaban J connectivity index is 1.46. The number of methoxy groups -OCH3 is 1. The minimum Gasteiger partial charge on any atom is -0.496 e. The van der Waals surface area contributed by atoms with Crippen molar-refractivity contribution in [3.8, 4) is 5.75 Å².